The highest BCUT2D eigenvalue weighted by molar-refractivity contribution is 8.19. The van der Waals surface area contributed by atoms with Crippen molar-refractivity contribution in [2.24, 2.45) is 4.40 Å². The number of phenols is 2. The highest BCUT2D eigenvalue weighted by atomic mass is 35.5. The van der Waals surface area contributed by atoms with Gasteiger partial charge < -0.3 is 10.2 Å². The molecular formula is C18H15ClN2O5S2. The van der Waals surface area contributed by atoms with Crippen LogP contribution in [0.5, 0.6) is 11.5 Å². The zero-order chi connectivity index (χ0) is 20.5. The first-order valence-electron chi connectivity index (χ1n) is 8.05. The van der Waals surface area contributed by atoms with Gasteiger partial charge in [0.25, 0.3) is 15.9 Å². The molecule has 2 aromatic carbocycles. The molecule has 1 fully saturated rings. The van der Waals surface area contributed by atoms with Crippen molar-refractivity contribution in [3.63, 3.8) is 0 Å². The maximum absolute atomic E-state index is 12.6. The summed E-state index contributed by atoms with van der Waals surface area (Å²) in [6, 6.07) is 9.52. The maximum Gasteiger partial charge on any atom is 0.284 e. The van der Waals surface area contributed by atoms with Gasteiger partial charge in [-0.25, -0.2) is 0 Å². The molecule has 0 atom stereocenters. The molecule has 2 aromatic rings. The van der Waals surface area contributed by atoms with Gasteiger partial charge in [0, 0.05) is 23.2 Å². The summed E-state index contributed by atoms with van der Waals surface area (Å²) in [7, 11) is -4.03. The number of phenolic OH excluding ortho intramolecular Hbond substituents is 2. The number of benzene rings is 2. The van der Waals surface area contributed by atoms with Crippen LogP contribution in [-0.4, -0.2) is 41.2 Å². The highest BCUT2D eigenvalue weighted by Gasteiger charge is 2.34. The number of amides is 1. The second-order valence-corrected chi connectivity index (χ2v) is 8.76. The molecule has 0 radical (unpaired) electrons. The minimum absolute atomic E-state index is 0.0203. The first kappa shape index (κ1) is 20.2. The zero-order valence-corrected chi connectivity index (χ0v) is 16.9. The average Bonchev–Trinajstić information content (AvgIpc) is 2.91. The van der Waals surface area contributed by atoms with Crippen molar-refractivity contribution in [1.29, 1.82) is 0 Å². The molecule has 1 heterocycles. The molecule has 0 saturated carbocycles. The minimum Gasteiger partial charge on any atom is -0.508 e. The van der Waals surface area contributed by atoms with Gasteiger partial charge in [0.2, 0.25) is 0 Å². The standard InChI is InChI=1S/C18H15ClN2O5S2/c1-2-21-17(24)16(9-11-3-6-13(22)10-15(11)23)27-18(21)20-28(25,26)14-7-4-12(19)5-8-14/h3-10,22-23H,2H2,1H3/b16-9-,20-18+. The summed E-state index contributed by atoms with van der Waals surface area (Å²) < 4.78 is 28.9. The Morgan fingerprint density at radius 1 is 1.18 bits per heavy atom. The molecule has 0 bridgehead atoms. The van der Waals surface area contributed by atoms with Crippen molar-refractivity contribution < 1.29 is 23.4 Å². The van der Waals surface area contributed by atoms with Crippen LogP contribution in [0.1, 0.15) is 12.5 Å². The molecule has 1 amide bonds. The van der Waals surface area contributed by atoms with Crippen LogP contribution in [0, 0.1) is 0 Å². The first-order chi connectivity index (χ1) is 13.2. The fourth-order valence-corrected chi connectivity index (χ4v) is 4.77. The normalized spacial score (nSPS) is 17.6. The zero-order valence-electron chi connectivity index (χ0n) is 14.5. The minimum atomic E-state index is -4.03. The number of amidine groups is 1. The summed E-state index contributed by atoms with van der Waals surface area (Å²) in [5.41, 5.74) is 0.312. The van der Waals surface area contributed by atoms with E-state index < -0.39 is 15.9 Å². The van der Waals surface area contributed by atoms with Gasteiger partial charge in [0.05, 0.1) is 9.80 Å². The molecule has 3 rings (SSSR count). The number of thioether (sulfide) groups is 1. The van der Waals surface area contributed by atoms with Crippen LogP contribution in [0.2, 0.25) is 5.02 Å². The van der Waals surface area contributed by atoms with Crippen LogP contribution in [0.25, 0.3) is 6.08 Å². The van der Waals surface area contributed by atoms with Gasteiger partial charge in [0.1, 0.15) is 11.5 Å². The highest BCUT2D eigenvalue weighted by Crippen LogP contribution is 2.35. The lowest BCUT2D eigenvalue weighted by Gasteiger charge is -2.11. The van der Waals surface area contributed by atoms with Gasteiger partial charge in [0.15, 0.2) is 5.17 Å². The van der Waals surface area contributed by atoms with E-state index in [1.807, 2.05) is 0 Å². The Bertz CT molecular complexity index is 1100. The van der Waals surface area contributed by atoms with E-state index in [0.29, 0.717) is 10.6 Å². The molecule has 0 aromatic heterocycles. The summed E-state index contributed by atoms with van der Waals surface area (Å²) in [6.45, 7) is 1.92. The Morgan fingerprint density at radius 3 is 2.46 bits per heavy atom. The van der Waals surface area contributed by atoms with Crippen molar-refractivity contribution in [2.45, 2.75) is 11.8 Å². The number of hydrogen-bond donors (Lipinski definition) is 2. The van der Waals surface area contributed by atoms with Crippen LogP contribution in [-0.2, 0) is 14.8 Å². The number of likely N-dealkylation sites (N-methyl/N-ethyl adjacent to an activating group) is 1. The van der Waals surface area contributed by atoms with Crippen molar-refractivity contribution in [2.75, 3.05) is 6.54 Å². The van der Waals surface area contributed by atoms with Crippen LogP contribution >= 0.6 is 23.4 Å². The van der Waals surface area contributed by atoms with E-state index in [1.165, 1.54) is 47.4 Å². The molecule has 0 unspecified atom stereocenters. The number of nitrogens with zero attached hydrogens (tertiary/aromatic N) is 2. The van der Waals surface area contributed by atoms with Crippen molar-refractivity contribution >= 4 is 50.5 Å². The predicted molar refractivity (Wildman–Crippen MR) is 109 cm³/mol. The summed E-state index contributed by atoms with van der Waals surface area (Å²) in [5, 5.41) is 19.7. The molecule has 1 aliphatic rings. The largest absolute Gasteiger partial charge is 0.508 e. The molecule has 146 valence electrons. The lowest BCUT2D eigenvalue weighted by atomic mass is 10.1. The number of sulfonamides is 1. The Labute approximate surface area is 171 Å². The van der Waals surface area contributed by atoms with Gasteiger partial charge >= 0.3 is 0 Å². The Balaban J connectivity index is 1.98. The molecule has 0 aliphatic carbocycles. The van der Waals surface area contributed by atoms with E-state index in [9.17, 15) is 23.4 Å². The van der Waals surface area contributed by atoms with Crippen LogP contribution in [0.3, 0.4) is 0 Å². The molecule has 7 nitrogen and oxygen atoms in total. The molecule has 10 heteroatoms. The van der Waals surface area contributed by atoms with E-state index in [0.717, 1.165) is 17.8 Å². The van der Waals surface area contributed by atoms with Gasteiger partial charge in [-0.15, -0.1) is 4.40 Å². The summed E-state index contributed by atoms with van der Waals surface area (Å²) in [6.07, 6.45) is 1.42. The first-order valence-corrected chi connectivity index (χ1v) is 10.7. The van der Waals surface area contributed by atoms with E-state index in [1.54, 1.807) is 6.92 Å². The average molecular weight is 439 g/mol. The van der Waals surface area contributed by atoms with E-state index >= 15 is 0 Å². The lowest BCUT2D eigenvalue weighted by Crippen LogP contribution is -2.29. The van der Waals surface area contributed by atoms with Crippen molar-refractivity contribution in [3.8, 4) is 11.5 Å². The van der Waals surface area contributed by atoms with Crippen molar-refractivity contribution in [3.05, 3.63) is 58.0 Å². The second-order valence-electron chi connectivity index (χ2n) is 5.71. The van der Waals surface area contributed by atoms with E-state index in [-0.39, 0.29) is 33.0 Å². The molecule has 28 heavy (non-hydrogen) atoms. The molecule has 2 N–H and O–H groups in total. The van der Waals surface area contributed by atoms with Crippen LogP contribution in [0.15, 0.2) is 56.7 Å². The third-order valence-corrected chi connectivity index (χ3v) is 6.47. The van der Waals surface area contributed by atoms with Crippen LogP contribution in [0.4, 0.5) is 0 Å². The van der Waals surface area contributed by atoms with E-state index in [2.05, 4.69) is 4.40 Å². The Hall–Kier alpha value is -2.49. The quantitative estimate of drug-likeness (QED) is 0.708. The smallest absolute Gasteiger partial charge is 0.284 e. The SMILES string of the molecule is CCN1C(=O)/C(=C/c2ccc(O)cc2O)S/C1=N/S(=O)(=O)c1ccc(Cl)cc1. The number of carbonyl (C=O) groups is 1. The monoisotopic (exact) mass is 438 g/mol. The molecular weight excluding hydrogens is 424 g/mol. The van der Waals surface area contributed by atoms with E-state index in [4.69, 9.17) is 11.6 Å². The number of hydrogen-bond acceptors (Lipinski definition) is 6. The third kappa shape index (κ3) is 4.16. The fourth-order valence-electron chi connectivity index (χ4n) is 2.41. The summed E-state index contributed by atoms with van der Waals surface area (Å²) in [4.78, 5) is 14.0. The predicted octanol–water partition coefficient (Wildman–Crippen LogP) is 3.43. The fraction of sp³-hybridized carbons (Fsp3) is 0.111. The number of halogens is 1. The number of carbonyl (C=O) groups excluding carboxylic acids is 1. The van der Waals surface area contributed by atoms with Gasteiger partial charge in [-0.1, -0.05) is 11.6 Å². The molecule has 0 spiro atoms. The maximum atomic E-state index is 12.6. The second kappa shape index (κ2) is 7.86. The molecule has 1 aliphatic heterocycles. The van der Waals surface area contributed by atoms with Gasteiger partial charge in [-0.05, 0) is 61.2 Å². The number of aromatic hydroxyl groups is 2. The van der Waals surface area contributed by atoms with Crippen LogP contribution < -0.4 is 0 Å². The topological polar surface area (TPSA) is 107 Å². The summed E-state index contributed by atoms with van der Waals surface area (Å²) >= 11 is 6.68. The molecule has 1 saturated heterocycles. The Morgan fingerprint density at radius 2 is 1.86 bits per heavy atom. The van der Waals surface area contributed by atoms with Crippen molar-refractivity contribution in [1.82, 2.24) is 4.90 Å². The third-order valence-electron chi connectivity index (χ3n) is 3.81. The van der Waals surface area contributed by atoms with Gasteiger partial charge in [-0.2, -0.15) is 8.42 Å². The lowest BCUT2D eigenvalue weighted by molar-refractivity contribution is -0.122. The number of rotatable bonds is 4. The van der Waals surface area contributed by atoms with Gasteiger partial charge in [-0.3, -0.25) is 9.69 Å². The Kier molecular flexibility index (Phi) is 5.69. The summed E-state index contributed by atoms with van der Waals surface area (Å²) in [5.74, 6) is -0.746.